The van der Waals surface area contributed by atoms with Crippen LogP contribution < -0.4 is 21.7 Å². The Morgan fingerprint density at radius 2 is 1.70 bits per heavy atom. The molecule has 2 aromatic rings. The molecule has 27 heavy (non-hydrogen) atoms. The van der Waals surface area contributed by atoms with E-state index in [1.807, 2.05) is 20.8 Å². The molecule has 0 aliphatic heterocycles. The summed E-state index contributed by atoms with van der Waals surface area (Å²) >= 11 is 0. The molecule has 0 aromatic heterocycles. The van der Waals surface area contributed by atoms with Gasteiger partial charge < -0.3 is 16.8 Å². The Labute approximate surface area is 159 Å². The third-order valence-electron chi connectivity index (χ3n) is 3.74. The number of hydrogen-bond donors (Lipinski definition) is 3. The summed E-state index contributed by atoms with van der Waals surface area (Å²) in [5.41, 5.74) is 13.2. The molecule has 140 valence electrons. The van der Waals surface area contributed by atoms with Crippen molar-refractivity contribution in [3.05, 3.63) is 54.1 Å². The quantitative estimate of drug-likeness (QED) is 0.573. The van der Waals surface area contributed by atoms with Crippen molar-refractivity contribution in [1.82, 2.24) is 5.32 Å². The molecule has 6 heteroatoms. The predicted octanol–water partition coefficient (Wildman–Crippen LogP) is 2.47. The fourth-order valence-corrected chi connectivity index (χ4v) is 2.67. The summed E-state index contributed by atoms with van der Waals surface area (Å²) in [5, 5.41) is 2.91. The molecule has 0 radical (unpaired) electrons. The van der Waals surface area contributed by atoms with E-state index in [0.29, 0.717) is 22.6 Å². The highest BCUT2D eigenvalue weighted by Crippen LogP contribution is 2.30. The number of terminal acetylenes is 1. The number of carbonyl (C=O) groups excluding carboxylic acids is 2. The molecule has 0 saturated carbocycles. The van der Waals surface area contributed by atoms with E-state index in [9.17, 15) is 9.59 Å². The zero-order chi connectivity index (χ0) is 20.2. The first kappa shape index (κ1) is 19.9. The Morgan fingerprint density at radius 3 is 2.22 bits per heavy atom. The van der Waals surface area contributed by atoms with Crippen LogP contribution in [0, 0.1) is 12.3 Å². The number of nitrogens with one attached hydrogen (secondary N) is 1. The molecule has 6 nitrogen and oxygen atoms in total. The molecule has 2 aromatic carbocycles. The molecule has 0 aliphatic carbocycles. The van der Waals surface area contributed by atoms with E-state index in [2.05, 4.69) is 11.2 Å². The monoisotopic (exact) mass is 364 g/mol. The fraction of sp³-hybridized carbons (Fsp3) is 0.238. The smallest absolute Gasteiger partial charge is 0.303 e. The lowest BCUT2D eigenvalue weighted by Gasteiger charge is -2.32. The van der Waals surface area contributed by atoms with E-state index in [1.165, 1.54) is 4.90 Å². The van der Waals surface area contributed by atoms with E-state index in [0.717, 1.165) is 0 Å². The number of amides is 2. The summed E-state index contributed by atoms with van der Waals surface area (Å²) in [5.74, 6) is 1.10. The Kier molecular flexibility index (Phi) is 5.76. The first-order valence-electron chi connectivity index (χ1n) is 8.45. The van der Waals surface area contributed by atoms with Gasteiger partial charge in [-0.1, -0.05) is 12.1 Å². The summed E-state index contributed by atoms with van der Waals surface area (Å²) in [6.45, 7) is 5.58. The van der Waals surface area contributed by atoms with Gasteiger partial charge in [-0.15, -0.1) is 6.42 Å². The second-order valence-electron chi connectivity index (χ2n) is 7.22. The van der Waals surface area contributed by atoms with Gasteiger partial charge in [0, 0.05) is 22.6 Å². The van der Waals surface area contributed by atoms with Crippen LogP contribution in [0.3, 0.4) is 0 Å². The Morgan fingerprint density at radius 1 is 1.07 bits per heavy atom. The molecule has 1 atom stereocenters. The van der Waals surface area contributed by atoms with Gasteiger partial charge >= 0.3 is 5.91 Å². The second kappa shape index (κ2) is 7.83. The summed E-state index contributed by atoms with van der Waals surface area (Å²) in [6, 6.07) is 12.4. The van der Waals surface area contributed by atoms with Gasteiger partial charge in [-0.25, -0.2) is 0 Å². The van der Waals surface area contributed by atoms with Gasteiger partial charge in [0.25, 0.3) is 0 Å². The maximum atomic E-state index is 13.1. The number of carbonyl (C=O) groups is 2. The molecule has 5 N–H and O–H groups in total. The molecule has 2 amide bonds. The van der Waals surface area contributed by atoms with E-state index in [-0.39, 0.29) is 5.91 Å². The van der Waals surface area contributed by atoms with E-state index >= 15 is 0 Å². The summed E-state index contributed by atoms with van der Waals surface area (Å²) < 4.78 is 0. The van der Waals surface area contributed by atoms with Crippen LogP contribution in [0.1, 0.15) is 32.4 Å². The van der Waals surface area contributed by atoms with Gasteiger partial charge in [-0.2, -0.15) is 0 Å². The minimum atomic E-state index is -0.986. The summed E-state index contributed by atoms with van der Waals surface area (Å²) in [7, 11) is 0. The number of benzene rings is 2. The third kappa shape index (κ3) is 5.02. The number of rotatable bonds is 4. The van der Waals surface area contributed by atoms with Crippen molar-refractivity contribution >= 4 is 28.9 Å². The number of anilines is 3. The Hall–Kier alpha value is -3.46. The summed E-state index contributed by atoms with van der Waals surface area (Å²) in [4.78, 5) is 27.0. The molecule has 0 aliphatic rings. The van der Waals surface area contributed by atoms with Crippen molar-refractivity contribution < 1.29 is 9.59 Å². The maximum absolute atomic E-state index is 13.1. The van der Waals surface area contributed by atoms with Crippen LogP contribution in [0.4, 0.5) is 17.1 Å². The molecule has 2 rings (SSSR count). The average Bonchev–Trinajstić information content (AvgIpc) is 2.58. The van der Waals surface area contributed by atoms with Crippen molar-refractivity contribution in [3.63, 3.8) is 0 Å². The van der Waals surface area contributed by atoms with Crippen molar-refractivity contribution in [2.45, 2.75) is 32.4 Å². The zero-order valence-electron chi connectivity index (χ0n) is 15.7. The lowest BCUT2D eigenvalue weighted by molar-refractivity contribution is -0.126. The molecule has 0 fully saturated rings. The number of nitrogens with zero attached hydrogens (tertiary/aromatic N) is 1. The van der Waals surface area contributed by atoms with Crippen LogP contribution in [0.5, 0.6) is 0 Å². The highest BCUT2D eigenvalue weighted by atomic mass is 16.2. The second-order valence-corrected chi connectivity index (χ2v) is 7.22. The van der Waals surface area contributed by atoms with Gasteiger partial charge in [-0.05, 0) is 68.7 Å². The van der Waals surface area contributed by atoms with Crippen LogP contribution in [0.15, 0.2) is 48.5 Å². The number of nitrogen functional groups attached to an aromatic ring is 2. The minimum Gasteiger partial charge on any atom is -0.399 e. The fourth-order valence-electron chi connectivity index (χ4n) is 2.67. The Bertz CT molecular complexity index is 876. The predicted molar refractivity (Wildman–Crippen MR) is 109 cm³/mol. The molecular formula is C21H24N4O2. The molecular weight excluding hydrogens is 340 g/mol. The van der Waals surface area contributed by atoms with Gasteiger partial charge in [0.2, 0.25) is 5.91 Å². The lowest BCUT2D eigenvalue weighted by atomic mass is 10.00. The van der Waals surface area contributed by atoms with Gasteiger partial charge in [0.05, 0.1) is 0 Å². The normalized spacial score (nSPS) is 11.9. The highest BCUT2D eigenvalue weighted by Gasteiger charge is 2.33. The van der Waals surface area contributed by atoms with Crippen molar-refractivity contribution in [2.75, 3.05) is 16.4 Å². The Balaban J connectivity index is 2.63. The van der Waals surface area contributed by atoms with Crippen LogP contribution in [0.2, 0.25) is 0 Å². The molecule has 0 spiro atoms. The standard InChI is InChI=1S/C21H24N4O2/c1-5-18(26)25(17-11-9-15(22)10-12-17)19(20(27)24-21(2,3)4)14-7-6-8-16(23)13-14/h1,6-13,19H,22-23H2,2-4H3,(H,24,27). The zero-order valence-corrected chi connectivity index (χ0v) is 15.7. The first-order valence-corrected chi connectivity index (χ1v) is 8.45. The van der Waals surface area contributed by atoms with Crippen molar-refractivity contribution in [1.29, 1.82) is 0 Å². The first-order chi connectivity index (χ1) is 12.6. The van der Waals surface area contributed by atoms with Gasteiger partial charge in [0.15, 0.2) is 0 Å². The van der Waals surface area contributed by atoms with Gasteiger partial charge in [-0.3, -0.25) is 14.5 Å². The highest BCUT2D eigenvalue weighted by molar-refractivity contribution is 6.09. The average molecular weight is 364 g/mol. The molecule has 0 saturated heterocycles. The van der Waals surface area contributed by atoms with Crippen molar-refractivity contribution in [3.8, 4) is 12.3 Å². The van der Waals surface area contributed by atoms with E-state index in [4.69, 9.17) is 17.9 Å². The lowest BCUT2D eigenvalue weighted by Crippen LogP contribution is -2.49. The van der Waals surface area contributed by atoms with Crippen LogP contribution in [-0.2, 0) is 9.59 Å². The topological polar surface area (TPSA) is 101 Å². The number of hydrogen-bond acceptors (Lipinski definition) is 4. The molecule has 1 unspecified atom stereocenters. The largest absolute Gasteiger partial charge is 0.399 e. The van der Waals surface area contributed by atoms with Crippen molar-refractivity contribution in [2.24, 2.45) is 0 Å². The third-order valence-corrected chi connectivity index (χ3v) is 3.74. The SMILES string of the molecule is C#CC(=O)N(c1ccc(N)cc1)C(C(=O)NC(C)(C)C)c1cccc(N)c1. The van der Waals surface area contributed by atoms with E-state index in [1.54, 1.807) is 48.5 Å². The van der Waals surface area contributed by atoms with Crippen LogP contribution in [-0.4, -0.2) is 17.4 Å². The van der Waals surface area contributed by atoms with E-state index < -0.39 is 17.5 Å². The summed E-state index contributed by atoms with van der Waals surface area (Å²) in [6.07, 6.45) is 5.39. The maximum Gasteiger partial charge on any atom is 0.303 e. The molecule has 0 bridgehead atoms. The minimum absolute atomic E-state index is 0.367. The van der Waals surface area contributed by atoms with Crippen LogP contribution >= 0.6 is 0 Å². The van der Waals surface area contributed by atoms with Gasteiger partial charge in [0.1, 0.15) is 6.04 Å². The number of nitrogens with two attached hydrogens (primary N) is 2. The molecule has 0 heterocycles. The van der Waals surface area contributed by atoms with Crippen LogP contribution in [0.25, 0.3) is 0 Å².